The smallest absolute Gasteiger partial charge is 0.260 e. The molecule has 0 saturated heterocycles. The number of pyridine rings is 1. The molecule has 10 heteroatoms. The lowest BCUT2D eigenvalue weighted by molar-refractivity contribution is -0.137. The molecular weight excluding hydrogens is 448 g/mol. The van der Waals surface area contributed by atoms with E-state index in [1.165, 1.54) is 24.3 Å². The summed E-state index contributed by atoms with van der Waals surface area (Å²) in [5, 5.41) is -0.00245. The van der Waals surface area contributed by atoms with Crippen molar-refractivity contribution in [3.05, 3.63) is 88.2 Å². The van der Waals surface area contributed by atoms with Gasteiger partial charge in [-0.3, -0.25) is 9.29 Å². The lowest BCUT2D eigenvalue weighted by Crippen LogP contribution is -2.31. The molecule has 2 aromatic carbocycles. The van der Waals surface area contributed by atoms with Gasteiger partial charge in [-0.25, -0.2) is 8.42 Å². The summed E-state index contributed by atoms with van der Waals surface area (Å²) < 4.78 is 66.0. The van der Waals surface area contributed by atoms with Crippen molar-refractivity contribution >= 4 is 38.9 Å². The number of benzene rings is 2. The minimum absolute atomic E-state index is 0.00279. The first kappa shape index (κ1) is 21.4. The SMILES string of the molecule is O=S(=O)(c1ccccc1)N(Cc1ncc(C(F)(F)F)cc1Cl)c1cccc(Cl)c1. The molecule has 0 spiro atoms. The average Bonchev–Trinajstić information content (AvgIpc) is 2.66. The zero-order valence-electron chi connectivity index (χ0n) is 14.6. The largest absolute Gasteiger partial charge is 0.417 e. The molecule has 4 nitrogen and oxygen atoms in total. The van der Waals surface area contributed by atoms with Crippen LogP contribution in [0.4, 0.5) is 18.9 Å². The van der Waals surface area contributed by atoms with Crippen LogP contribution >= 0.6 is 23.2 Å². The minimum atomic E-state index is -4.61. The Bertz CT molecular complexity index is 1120. The van der Waals surface area contributed by atoms with Crippen LogP contribution < -0.4 is 4.31 Å². The predicted octanol–water partition coefficient (Wildman–Crippen LogP) is 5.80. The average molecular weight is 461 g/mol. The highest BCUT2D eigenvalue weighted by Crippen LogP contribution is 2.33. The van der Waals surface area contributed by atoms with Crippen molar-refractivity contribution in [1.82, 2.24) is 4.98 Å². The van der Waals surface area contributed by atoms with Gasteiger partial charge in [0.25, 0.3) is 10.0 Å². The Morgan fingerprint density at radius 2 is 1.66 bits per heavy atom. The molecule has 3 aromatic rings. The van der Waals surface area contributed by atoms with Gasteiger partial charge in [-0.2, -0.15) is 13.2 Å². The van der Waals surface area contributed by atoms with Crippen LogP contribution in [0.25, 0.3) is 0 Å². The Morgan fingerprint density at radius 1 is 0.966 bits per heavy atom. The third-order valence-electron chi connectivity index (χ3n) is 3.97. The lowest BCUT2D eigenvalue weighted by Gasteiger charge is -2.25. The third kappa shape index (κ3) is 4.83. The van der Waals surface area contributed by atoms with Crippen molar-refractivity contribution in [2.75, 3.05) is 4.31 Å². The van der Waals surface area contributed by atoms with Gasteiger partial charge in [-0.05, 0) is 36.4 Å². The van der Waals surface area contributed by atoms with Crippen LogP contribution in [0.5, 0.6) is 0 Å². The molecule has 0 fully saturated rings. The number of hydrogen-bond donors (Lipinski definition) is 0. The van der Waals surface area contributed by atoms with E-state index >= 15 is 0 Å². The van der Waals surface area contributed by atoms with Crippen LogP contribution in [0.1, 0.15) is 11.3 Å². The molecule has 0 saturated carbocycles. The van der Waals surface area contributed by atoms with E-state index in [0.29, 0.717) is 11.2 Å². The van der Waals surface area contributed by atoms with Gasteiger partial charge in [0.2, 0.25) is 0 Å². The highest BCUT2D eigenvalue weighted by molar-refractivity contribution is 7.92. The molecule has 1 heterocycles. The molecule has 0 atom stereocenters. The number of hydrogen-bond acceptors (Lipinski definition) is 3. The van der Waals surface area contributed by atoms with Crippen molar-refractivity contribution in [2.24, 2.45) is 0 Å². The third-order valence-corrected chi connectivity index (χ3v) is 6.32. The van der Waals surface area contributed by atoms with Crippen LogP contribution in [0.3, 0.4) is 0 Å². The van der Waals surface area contributed by atoms with Gasteiger partial charge in [0.15, 0.2) is 0 Å². The maximum atomic E-state index is 13.2. The fourth-order valence-corrected chi connectivity index (χ4v) is 4.39. The summed E-state index contributed by atoms with van der Waals surface area (Å²) in [6.45, 7) is -0.380. The molecule has 0 radical (unpaired) electrons. The van der Waals surface area contributed by atoms with Crippen molar-refractivity contribution in [3.63, 3.8) is 0 Å². The highest BCUT2D eigenvalue weighted by atomic mass is 35.5. The first-order valence-corrected chi connectivity index (χ1v) is 10.3. The Morgan fingerprint density at radius 3 is 2.24 bits per heavy atom. The normalized spacial score (nSPS) is 12.0. The summed E-state index contributed by atoms with van der Waals surface area (Å²) in [5.41, 5.74) is -0.829. The minimum Gasteiger partial charge on any atom is -0.260 e. The summed E-state index contributed by atoms with van der Waals surface area (Å²) in [7, 11) is -4.07. The van der Waals surface area contributed by atoms with E-state index in [4.69, 9.17) is 23.2 Å². The molecule has 0 N–H and O–H groups in total. The second-order valence-electron chi connectivity index (χ2n) is 5.95. The maximum absolute atomic E-state index is 13.2. The zero-order valence-corrected chi connectivity index (χ0v) is 16.9. The summed E-state index contributed by atoms with van der Waals surface area (Å²) in [5.74, 6) is 0. The van der Waals surface area contributed by atoms with E-state index < -0.39 is 21.8 Å². The number of aromatic nitrogens is 1. The Kier molecular flexibility index (Phi) is 6.07. The number of anilines is 1. The van der Waals surface area contributed by atoms with E-state index in [-0.39, 0.29) is 27.8 Å². The van der Waals surface area contributed by atoms with Crippen LogP contribution in [0.15, 0.2) is 71.8 Å². The van der Waals surface area contributed by atoms with Gasteiger partial charge in [0.1, 0.15) is 0 Å². The Balaban J connectivity index is 2.08. The van der Waals surface area contributed by atoms with Crippen molar-refractivity contribution < 1.29 is 21.6 Å². The first-order valence-electron chi connectivity index (χ1n) is 8.14. The standard InChI is InChI=1S/C19H13Cl2F3N2O2S/c20-14-5-4-6-15(10-14)26(29(27,28)16-7-2-1-3-8-16)12-18-17(21)9-13(11-25-18)19(22,23)24/h1-11H,12H2. The molecule has 0 amide bonds. The monoisotopic (exact) mass is 460 g/mol. The quantitative estimate of drug-likeness (QED) is 0.483. The maximum Gasteiger partial charge on any atom is 0.417 e. The van der Waals surface area contributed by atoms with E-state index in [2.05, 4.69) is 4.98 Å². The topological polar surface area (TPSA) is 50.3 Å². The van der Waals surface area contributed by atoms with Crippen LogP contribution in [0.2, 0.25) is 10.0 Å². The van der Waals surface area contributed by atoms with E-state index in [9.17, 15) is 21.6 Å². The number of alkyl halides is 3. The van der Waals surface area contributed by atoms with Gasteiger partial charge in [0, 0.05) is 11.2 Å². The predicted molar refractivity (Wildman–Crippen MR) is 106 cm³/mol. The zero-order chi connectivity index (χ0) is 21.2. The fraction of sp³-hybridized carbons (Fsp3) is 0.105. The molecule has 29 heavy (non-hydrogen) atoms. The number of rotatable bonds is 5. The van der Waals surface area contributed by atoms with Gasteiger partial charge in [0.05, 0.1) is 33.4 Å². The van der Waals surface area contributed by atoms with Gasteiger partial charge < -0.3 is 0 Å². The Hall–Kier alpha value is -2.29. The van der Waals surface area contributed by atoms with E-state index in [1.54, 1.807) is 30.3 Å². The summed E-state index contributed by atoms with van der Waals surface area (Å²) >= 11 is 12.0. The molecule has 0 aliphatic rings. The molecule has 3 rings (SSSR count). The number of nitrogens with zero attached hydrogens (tertiary/aromatic N) is 2. The fourth-order valence-electron chi connectivity index (χ4n) is 2.54. The van der Waals surface area contributed by atoms with Gasteiger partial charge >= 0.3 is 6.18 Å². The Labute approximate surface area is 175 Å². The van der Waals surface area contributed by atoms with Gasteiger partial charge in [-0.1, -0.05) is 47.5 Å². The van der Waals surface area contributed by atoms with E-state index in [1.807, 2.05) is 0 Å². The molecule has 1 aromatic heterocycles. The van der Waals surface area contributed by atoms with Crippen LogP contribution in [-0.2, 0) is 22.7 Å². The molecular formula is C19H13Cl2F3N2O2S. The van der Waals surface area contributed by atoms with Crippen molar-refractivity contribution in [1.29, 1.82) is 0 Å². The van der Waals surface area contributed by atoms with E-state index in [0.717, 1.165) is 10.4 Å². The molecule has 0 aliphatic carbocycles. The van der Waals surface area contributed by atoms with Crippen LogP contribution in [-0.4, -0.2) is 13.4 Å². The molecule has 0 unspecified atom stereocenters. The lowest BCUT2D eigenvalue weighted by atomic mass is 10.2. The molecule has 0 bridgehead atoms. The summed E-state index contributed by atoms with van der Waals surface area (Å²) in [4.78, 5) is 3.75. The van der Waals surface area contributed by atoms with Gasteiger partial charge in [-0.15, -0.1) is 0 Å². The van der Waals surface area contributed by atoms with Crippen molar-refractivity contribution in [3.8, 4) is 0 Å². The second-order valence-corrected chi connectivity index (χ2v) is 8.66. The van der Waals surface area contributed by atoms with Crippen molar-refractivity contribution in [2.45, 2.75) is 17.6 Å². The summed E-state index contributed by atoms with van der Waals surface area (Å²) in [6.07, 6.45) is -4.00. The number of halogens is 5. The molecule has 0 aliphatic heterocycles. The molecule has 152 valence electrons. The van der Waals surface area contributed by atoms with Crippen LogP contribution in [0, 0.1) is 0 Å². The first-order chi connectivity index (χ1) is 13.6. The highest BCUT2D eigenvalue weighted by Gasteiger charge is 2.32. The summed E-state index contributed by atoms with van der Waals surface area (Å²) in [6, 6.07) is 14.4. The second kappa shape index (κ2) is 8.22. The number of sulfonamides is 1.